The molecule has 0 aliphatic rings. The zero-order valence-electron chi connectivity index (χ0n) is 9.58. The van der Waals surface area contributed by atoms with Crippen molar-refractivity contribution in [2.24, 2.45) is 5.16 Å². The Labute approximate surface area is 114 Å². The predicted octanol–water partition coefficient (Wildman–Crippen LogP) is 3.84. The third-order valence-electron chi connectivity index (χ3n) is 2.40. The lowest BCUT2D eigenvalue weighted by Crippen LogP contribution is -1.96. The van der Waals surface area contributed by atoms with E-state index >= 15 is 0 Å². The number of oxime groups is 1. The summed E-state index contributed by atoms with van der Waals surface area (Å²) in [7, 11) is 0. The largest absolute Gasteiger partial charge is 0.488 e. The van der Waals surface area contributed by atoms with Crippen molar-refractivity contribution in [2.75, 3.05) is 0 Å². The van der Waals surface area contributed by atoms with Gasteiger partial charge in [0.1, 0.15) is 12.4 Å². The molecule has 2 rings (SSSR count). The van der Waals surface area contributed by atoms with Gasteiger partial charge in [-0.15, -0.1) is 0 Å². The summed E-state index contributed by atoms with van der Waals surface area (Å²) < 4.78 is 6.53. The summed E-state index contributed by atoms with van der Waals surface area (Å²) in [5.74, 6) is 0.758. The van der Waals surface area contributed by atoms with E-state index in [2.05, 4.69) is 21.1 Å². The van der Waals surface area contributed by atoms with Gasteiger partial charge in [0.25, 0.3) is 0 Å². The van der Waals surface area contributed by atoms with Crippen LogP contribution in [0.1, 0.15) is 11.1 Å². The van der Waals surface area contributed by atoms with Gasteiger partial charge in [-0.25, -0.2) is 0 Å². The summed E-state index contributed by atoms with van der Waals surface area (Å²) >= 11 is 3.42. The third-order valence-corrected chi connectivity index (χ3v) is 3.02. The maximum atomic E-state index is 8.45. The van der Waals surface area contributed by atoms with E-state index in [1.54, 1.807) is 0 Å². The summed E-state index contributed by atoms with van der Waals surface area (Å²) in [6.07, 6.45) is 1.37. The molecule has 4 heteroatoms. The summed E-state index contributed by atoms with van der Waals surface area (Å²) in [6.45, 7) is 0.521. The highest BCUT2D eigenvalue weighted by atomic mass is 79.9. The number of ether oxygens (including phenoxy) is 1. The molecule has 0 heterocycles. The average Bonchev–Trinajstić information content (AvgIpc) is 2.39. The molecule has 0 unspecified atom stereocenters. The van der Waals surface area contributed by atoms with Crippen molar-refractivity contribution in [1.29, 1.82) is 0 Å². The summed E-state index contributed by atoms with van der Waals surface area (Å²) in [5, 5.41) is 11.4. The Kier molecular flexibility index (Phi) is 4.36. The molecule has 0 aliphatic heterocycles. The minimum Gasteiger partial charge on any atom is -0.488 e. The van der Waals surface area contributed by atoms with Gasteiger partial charge in [-0.1, -0.05) is 35.5 Å². The first-order valence-corrected chi connectivity index (χ1v) is 6.22. The van der Waals surface area contributed by atoms with Crippen LogP contribution in [0.3, 0.4) is 0 Å². The number of hydrogen-bond donors (Lipinski definition) is 1. The van der Waals surface area contributed by atoms with Crippen molar-refractivity contribution in [3.8, 4) is 5.75 Å². The predicted molar refractivity (Wildman–Crippen MR) is 74.3 cm³/mol. The molecule has 0 amide bonds. The molecule has 0 saturated heterocycles. The molecule has 0 saturated carbocycles. The SMILES string of the molecule is O/N=C/c1ccc(OCc2ccccc2)c(Br)c1. The van der Waals surface area contributed by atoms with Gasteiger partial charge in [0, 0.05) is 0 Å². The number of hydrogen-bond acceptors (Lipinski definition) is 3. The first kappa shape index (κ1) is 12.6. The fourth-order valence-corrected chi connectivity index (χ4v) is 2.03. The second-order valence-corrected chi connectivity index (χ2v) is 4.56. The van der Waals surface area contributed by atoms with Crippen LogP contribution < -0.4 is 4.74 Å². The standard InChI is InChI=1S/C14H12BrNO2/c15-13-8-12(9-16-17)6-7-14(13)18-10-11-4-2-1-3-5-11/h1-9,17H,10H2/b16-9+. The molecule has 0 aromatic heterocycles. The Balaban J connectivity index is 2.06. The number of halogens is 1. The molecule has 0 radical (unpaired) electrons. The van der Waals surface area contributed by atoms with Crippen molar-refractivity contribution in [1.82, 2.24) is 0 Å². The van der Waals surface area contributed by atoms with Gasteiger partial charge in [0.15, 0.2) is 0 Å². The lowest BCUT2D eigenvalue weighted by atomic mass is 10.2. The number of benzene rings is 2. The second-order valence-electron chi connectivity index (χ2n) is 3.71. The van der Waals surface area contributed by atoms with Crippen LogP contribution in [0.15, 0.2) is 58.2 Å². The van der Waals surface area contributed by atoms with Crippen LogP contribution in [0.2, 0.25) is 0 Å². The normalized spacial score (nSPS) is 10.7. The molecule has 3 nitrogen and oxygen atoms in total. The maximum Gasteiger partial charge on any atom is 0.134 e. The fraction of sp³-hybridized carbons (Fsp3) is 0.0714. The van der Waals surface area contributed by atoms with E-state index in [1.165, 1.54) is 6.21 Å². The zero-order chi connectivity index (χ0) is 12.8. The summed E-state index contributed by atoms with van der Waals surface area (Å²) in [6, 6.07) is 15.5. The molecular formula is C14H12BrNO2. The highest BCUT2D eigenvalue weighted by molar-refractivity contribution is 9.10. The van der Waals surface area contributed by atoms with Crippen molar-refractivity contribution < 1.29 is 9.94 Å². The first-order chi connectivity index (χ1) is 8.79. The average molecular weight is 306 g/mol. The van der Waals surface area contributed by atoms with E-state index in [0.717, 1.165) is 21.3 Å². The molecule has 0 aliphatic carbocycles. The van der Waals surface area contributed by atoms with Crippen LogP contribution >= 0.6 is 15.9 Å². The van der Waals surface area contributed by atoms with Gasteiger partial charge >= 0.3 is 0 Å². The van der Waals surface area contributed by atoms with E-state index in [1.807, 2.05) is 48.5 Å². The Morgan fingerprint density at radius 1 is 1.17 bits per heavy atom. The molecule has 18 heavy (non-hydrogen) atoms. The Bertz CT molecular complexity index is 541. The quantitative estimate of drug-likeness (QED) is 0.530. The minimum absolute atomic E-state index is 0.521. The van der Waals surface area contributed by atoms with E-state index in [4.69, 9.17) is 9.94 Å². The van der Waals surface area contributed by atoms with E-state index in [-0.39, 0.29) is 0 Å². The van der Waals surface area contributed by atoms with E-state index < -0.39 is 0 Å². The van der Waals surface area contributed by atoms with Crippen LogP contribution in [-0.2, 0) is 6.61 Å². The number of nitrogens with zero attached hydrogens (tertiary/aromatic N) is 1. The lowest BCUT2D eigenvalue weighted by Gasteiger charge is -2.08. The van der Waals surface area contributed by atoms with Crippen molar-refractivity contribution in [3.63, 3.8) is 0 Å². The van der Waals surface area contributed by atoms with Crippen LogP contribution in [-0.4, -0.2) is 11.4 Å². The molecule has 0 atom stereocenters. The monoisotopic (exact) mass is 305 g/mol. The van der Waals surface area contributed by atoms with Crippen molar-refractivity contribution in [2.45, 2.75) is 6.61 Å². The highest BCUT2D eigenvalue weighted by Crippen LogP contribution is 2.26. The summed E-state index contributed by atoms with van der Waals surface area (Å²) in [4.78, 5) is 0. The Morgan fingerprint density at radius 3 is 2.61 bits per heavy atom. The van der Waals surface area contributed by atoms with Crippen molar-refractivity contribution >= 4 is 22.1 Å². The molecule has 92 valence electrons. The molecule has 2 aromatic carbocycles. The fourth-order valence-electron chi connectivity index (χ4n) is 1.52. The molecule has 0 bridgehead atoms. The van der Waals surface area contributed by atoms with Crippen LogP contribution in [0.4, 0.5) is 0 Å². The van der Waals surface area contributed by atoms with Crippen LogP contribution in [0, 0.1) is 0 Å². The first-order valence-electron chi connectivity index (χ1n) is 5.43. The molecule has 0 spiro atoms. The van der Waals surface area contributed by atoms with E-state index in [9.17, 15) is 0 Å². The van der Waals surface area contributed by atoms with Crippen LogP contribution in [0.5, 0.6) is 5.75 Å². The number of rotatable bonds is 4. The Morgan fingerprint density at radius 2 is 1.94 bits per heavy atom. The van der Waals surface area contributed by atoms with Gasteiger partial charge in [-0.2, -0.15) is 0 Å². The van der Waals surface area contributed by atoms with E-state index in [0.29, 0.717) is 6.61 Å². The van der Waals surface area contributed by atoms with Gasteiger partial charge in [0.05, 0.1) is 10.7 Å². The maximum absolute atomic E-state index is 8.45. The highest BCUT2D eigenvalue weighted by Gasteiger charge is 2.02. The van der Waals surface area contributed by atoms with Gasteiger partial charge in [0.2, 0.25) is 0 Å². The second kappa shape index (κ2) is 6.21. The van der Waals surface area contributed by atoms with Gasteiger partial charge in [-0.3, -0.25) is 0 Å². The molecule has 0 fully saturated rings. The summed E-state index contributed by atoms with van der Waals surface area (Å²) in [5.41, 5.74) is 1.92. The lowest BCUT2D eigenvalue weighted by molar-refractivity contribution is 0.304. The van der Waals surface area contributed by atoms with Crippen molar-refractivity contribution in [3.05, 3.63) is 64.1 Å². The molecule has 1 N–H and O–H groups in total. The zero-order valence-corrected chi connectivity index (χ0v) is 11.2. The molecule has 2 aromatic rings. The third kappa shape index (κ3) is 3.34. The Hall–Kier alpha value is -1.81. The molecular weight excluding hydrogens is 294 g/mol. The van der Waals surface area contributed by atoms with Gasteiger partial charge in [-0.05, 0) is 45.3 Å². The van der Waals surface area contributed by atoms with Crippen LogP contribution in [0.25, 0.3) is 0 Å². The smallest absolute Gasteiger partial charge is 0.134 e. The minimum atomic E-state index is 0.521. The topological polar surface area (TPSA) is 41.8 Å². The van der Waals surface area contributed by atoms with Gasteiger partial charge < -0.3 is 9.94 Å².